The quantitative estimate of drug-likeness (QED) is 0.878. The highest BCUT2D eigenvalue weighted by Crippen LogP contribution is 2.30. The van der Waals surface area contributed by atoms with Gasteiger partial charge in [0.25, 0.3) is 5.91 Å². The first-order valence-corrected chi connectivity index (χ1v) is 7.97. The van der Waals surface area contributed by atoms with E-state index in [9.17, 15) is 15.0 Å². The number of hydrogen-bond acceptors (Lipinski definition) is 6. The fourth-order valence-electron chi connectivity index (χ4n) is 2.18. The number of amides is 1. The van der Waals surface area contributed by atoms with Crippen LogP contribution >= 0.6 is 22.7 Å². The second-order valence-corrected chi connectivity index (χ2v) is 6.57. The molecule has 1 saturated heterocycles. The number of thiazole rings is 1. The summed E-state index contributed by atoms with van der Waals surface area (Å²) in [6.07, 6.45) is -1.72. The van der Waals surface area contributed by atoms with Crippen molar-refractivity contribution in [3.05, 3.63) is 27.4 Å². The van der Waals surface area contributed by atoms with Crippen molar-refractivity contribution in [3.63, 3.8) is 0 Å². The minimum atomic E-state index is -0.858. The first kappa shape index (κ1) is 13.7. The number of aryl methyl sites for hydroxylation is 1. The van der Waals surface area contributed by atoms with Gasteiger partial charge in [0.05, 0.1) is 17.9 Å². The van der Waals surface area contributed by atoms with E-state index in [2.05, 4.69) is 4.98 Å². The first-order chi connectivity index (χ1) is 9.56. The average Bonchev–Trinajstić information content (AvgIpc) is 3.10. The highest BCUT2D eigenvalue weighted by Gasteiger charge is 2.34. The lowest BCUT2D eigenvalue weighted by atomic mass is 10.3. The maximum absolute atomic E-state index is 12.4. The predicted molar refractivity (Wildman–Crippen MR) is 78.1 cm³/mol. The van der Waals surface area contributed by atoms with Gasteiger partial charge in [-0.25, -0.2) is 4.98 Å². The van der Waals surface area contributed by atoms with E-state index >= 15 is 0 Å². The molecule has 0 spiro atoms. The van der Waals surface area contributed by atoms with Crippen LogP contribution in [0.3, 0.4) is 0 Å². The summed E-state index contributed by atoms with van der Waals surface area (Å²) in [6.45, 7) is 2.15. The number of hydrogen-bond donors (Lipinski definition) is 2. The Morgan fingerprint density at radius 1 is 1.40 bits per heavy atom. The standard InChI is InChI=1S/C13H14N2O3S2/c1-7-11(13(18)15-4-9(16)10(17)5-15)20-12(14-7)8-2-3-19-6-8/h2-3,6,9-10,16-17H,4-5H2,1H3/t9-,10+. The molecule has 2 aromatic heterocycles. The monoisotopic (exact) mass is 310 g/mol. The van der Waals surface area contributed by atoms with E-state index in [0.717, 1.165) is 10.6 Å². The van der Waals surface area contributed by atoms with Crippen LogP contribution in [-0.2, 0) is 0 Å². The Balaban J connectivity index is 1.86. The third-order valence-corrected chi connectivity index (χ3v) is 5.18. The minimum Gasteiger partial charge on any atom is -0.388 e. The minimum absolute atomic E-state index is 0.169. The van der Waals surface area contributed by atoms with Crippen molar-refractivity contribution in [1.29, 1.82) is 0 Å². The van der Waals surface area contributed by atoms with Crippen molar-refractivity contribution >= 4 is 28.6 Å². The first-order valence-electron chi connectivity index (χ1n) is 6.21. The molecule has 2 aromatic rings. The third kappa shape index (κ3) is 2.37. The maximum atomic E-state index is 12.4. The van der Waals surface area contributed by atoms with Crippen LogP contribution in [0.5, 0.6) is 0 Å². The van der Waals surface area contributed by atoms with Crippen molar-refractivity contribution in [3.8, 4) is 10.6 Å². The summed E-state index contributed by atoms with van der Waals surface area (Å²) in [5.74, 6) is -0.169. The molecule has 3 rings (SSSR count). The van der Waals surface area contributed by atoms with Crippen molar-refractivity contribution in [2.75, 3.05) is 13.1 Å². The van der Waals surface area contributed by atoms with Gasteiger partial charge in [0.15, 0.2) is 0 Å². The molecule has 2 N–H and O–H groups in total. The molecule has 0 aromatic carbocycles. The molecular weight excluding hydrogens is 296 g/mol. The molecule has 1 aliphatic heterocycles. The smallest absolute Gasteiger partial charge is 0.266 e. The van der Waals surface area contributed by atoms with Crippen LogP contribution in [0.4, 0.5) is 0 Å². The van der Waals surface area contributed by atoms with Gasteiger partial charge < -0.3 is 15.1 Å². The van der Waals surface area contributed by atoms with Gasteiger partial charge in [-0.15, -0.1) is 11.3 Å². The van der Waals surface area contributed by atoms with Crippen LogP contribution in [0, 0.1) is 6.92 Å². The number of β-amino-alcohol motifs (C(OH)–C–C–N with tert-alkyl or cyclic N) is 2. The lowest BCUT2D eigenvalue weighted by molar-refractivity contribution is 0.0572. The number of thiophene rings is 1. The lowest BCUT2D eigenvalue weighted by Gasteiger charge is -2.14. The molecule has 20 heavy (non-hydrogen) atoms. The Hall–Kier alpha value is -1.28. The van der Waals surface area contributed by atoms with Crippen LogP contribution in [0.1, 0.15) is 15.4 Å². The van der Waals surface area contributed by atoms with Crippen LogP contribution < -0.4 is 0 Å². The van der Waals surface area contributed by atoms with Gasteiger partial charge in [-0.1, -0.05) is 0 Å². The van der Waals surface area contributed by atoms with Crippen LogP contribution in [-0.4, -0.2) is 51.3 Å². The molecule has 5 nitrogen and oxygen atoms in total. The van der Waals surface area contributed by atoms with Crippen molar-refractivity contribution in [2.24, 2.45) is 0 Å². The van der Waals surface area contributed by atoms with E-state index in [1.165, 1.54) is 16.2 Å². The molecule has 0 bridgehead atoms. The number of nitrogens with zero attached hydrogens (tertiary/aromatic N) is 2. The summed E-state index contributed by atoms with van der Waals surface area (Å²) >= 11 is 2.94. The lowest BCUT2D eigenvalue weighted by Crippen LogP contribution is -2.29. The number of aliphatic hydroxyl groups excluding tert-OH is 2. The van der Waals surface area contributed by atoms with E-state index in [1.807, 2.05) is 23.8 Å². The summed E-state index contributed by atoms with van der Waals surface area (Å²) in [6, 6.07) is 1.97. The largest absolute Gasteiger partial charge is 0.388 e. The van der Waals surface area contributed by atoms with Crippen molar-refractivity contribution < 1.29 is 15.0 Å². The molecule has 1 fully saturated rings. The van der Waals surface area contributed by atoms with Gasteiger partial charge in [-0.2, -0.15) is 11.3 Å². The molecule has 2 atom stereocenters. The third-order valence-electron chi connectivity index (χ3n) is 3.31. The van der Waals surface area contributed by atoms with E-state index in [4.69, 9.17) is 0 Å². The Morgan fingerprint density at radius 2 is 2.10 bits per heavy atom. The van der Waals surface area contributed by atoms with Crippen LogP contribution in [0.2, 0.25) is 0 Å². The summed E-state index contributed by atoms with van der Waals surface area (Å²) in [7, 11) is 0. The number of aliphatic hydroxyl groups is 2. The second-order valence-electron chi connectivity index (χ2n) is 4.79. The predicted octanol–water partition coefficient (Wildman–Crippen LogP) is 1.36. The Labute approximate surface area is 124 Å². The summed E-state index contributed by atoms with van der Waals surface area (Å²) in [5, 5.41) is 23.9. The van der Waals surface area contributed by atoms with Gasteiger partial charge in [0.2, 0.25) is 0 Å². The molecule has 7 heteroatoms. The Kier molecular flexibility index (Phi) is 3.59. The topological polar surface area (TPSA) is 73.7 Å². The van der Waals surface area contributed by atoms with Crippen LogP contribution in [0.25, 0.3) is 10.6 Å². The highest BCUT2D eigenvalue weighted by molar-refractivity contribution is 7.17. The molecule has 1 amide bonds. The fourth-order valence-corrected chi connectivity index (χ4v) is 3.93. The van der Waals surface area contributed by atoms with E-state index in [-0.39, 0.29) is 19.0 Å². The van der Waals surface area contributed by atoms with Crippen LogP contribution in [0.15, 0.2) is 16.8 Å². The molecule has 1 aliphatic rings. The molecule has 0 unspecified atom stereocenters. The SMILES string of the molecule is Cc1nc(-c2ccsc2)sc1C(=O)N1C[C@@H](O)[C@@H](O)C1. The molecule has 0 saturated carbocycles. The molecular formula is C13H14N2O3S2. The van der Waals surface area contributed by atoms with E-state index in [1.54, 1.807) is 11.3 Å². The zero-order valence-corrected chi connectivity index (χ0v) is 12.4. The van der Waals surface area contributed by atoms with Gasteiger partial charge >= 0.3 is 0 Å². The van der Waals surface area contributed by atoms with Crippen molar-refractivity contribution in [1.82, 2.24) is 9.88 Å². The summed E-state index contributed by atoms with van der Waals surface area (Å²) < 4.78 is 0. The van der Waals surface area contributed by atoms with Gasteiger partial charge in [0, 0.05) is 24.0 Å². The zero-order valence-electron chi connectivity index (χ0n) is 10.8. The van der Waals surface area contributed by atoms with Crippen molar-refractivity contribution in [2.45, 2.75) is 19.1 Å². The maximum Gasteiger partial charge on any atom is 0.266 e. The van der Waals surface area contributed by atoms with E-state index in [0.29, 0.717) is 10.6 Å². The summed E-state index contributed by atoms with van der Waals surface area (Å²) in [4.78, 5) is 18.9. The number of carbonyl (C=O) groups excluding carboxylic acids is 1. The molecule has 0 aliphatic carbocycles. The average molecular weight is 310 g/mol. The number of rotatable bonds is 2. The zero-order chi connectivity index (χ0) is 14.3. The number of carbonyl (C=O) groups is 1. The second kappa shape index (κ2) is 5.25. The number of likely N-dealkylation sites (tertiary alicyclic amines) is 1. The van der Waals surface area contributed by atoms with Gasteiger partial charge in [-0.05, 0) is 18.4 Å². The Bertz CT molecular complexity index is 614. The molecule has 106 valence electrons. The van der Waals surface area contributed by atoms with Gasteiger partial charge in [-0.3, -0.25) is 4.79 Å². The molecule has 0 radical (unpaired) electrons. The normalized spacial score (nSPS) is 22.4. The summed E-state index contributed by atoms with van der Waals surface area (Å²) in [5.41, 5.74) is 1.71. The Morgan fingerprint density at radius 3 is 2.70 bits per heavy atom. The number of aromatic nitrogens is 1. The molecule has 3 heterocycles. The van der Waals surface area contributed by atoms with Gasteiger partial charge in [0.1, 0.15) is 9.88 Å². The van der Waals surface area contributed by atoms with E-state index < -0.39 is 12.2 Å². The highest BCUT2D eigenvalue weighted by atomic mass is 32.1. The fraction of sp³-hybridized carbons (Fsp3) is 0.385.